The number of hydrogen-bond donors (Lipinski definition) is 5. The third kappa shape index (κ3) is 4.31. The van der Waals surface area contributed by atoms with E-state index in [-0.39, 0.29) is 17.0 Å². The number of phosphoric acid groups is 2. The van der Waals surface area contributed by atoms with Crippen LogP contribution in [0.1, 0.15) is 12.6 Å². The van der Waals surface area contributed by atoms with E-state index >= 15 is 0 Å². The highest BCUT2D eigenvalue weighted by molar-refractivity contribution is 7.60. The number of H-pyrrole nitrogens is 1. The summed E-state index contributed by atoms with van der Waals surface area (Å²) in [6, 6.07) is 1.32. The first-order chi connectivity index (χ1) is 12.8. The lowest BCUT2D eigenvalue weighted by Crippen LogP contribution is -2.36. The zero-order chi connectivity index (χ0) is 20.9. The average Bonchev–Trinajstić information content (AvgIpc) is 3.05. The second-order valence-corrected chi connectivity index (χ2v) is 8.62. The van der Waals surface area contributed by atoms with Crippen molar-refractivity contribution in [1.29, 1.82) is 0 Å². The number of nitrogen functional groups attached to an aromatic ring is 1. The molecule has 17 heteroatoms. The van der Waals surface area contributed by atoms with E-state index in [1.807, 2.05) is 0 Å². The van der Waals surface area contributed by atoms with Gasteiger partial charge in [-0.05, 0) is 6.07 Å². The number of nitrogens with two attached hydrogens (primary N) is 1. The Hall–Kier alpha value is -1.70. The van der Waals surface area contributed by atoms with Crippen molar-refractivity contribution in [2.24, 2.45) is 0 Å². The molecule has 0 radical (unpaired) electrons. The highest BCUT2D eigenvalue weighted by Crippen LogP contribution is 2.58. The van der Waals surface area contributed by atoms with Crippen LogP contribution in [-0.2, 0) is 22.7 Å². The molecular formula is C11H14F2N4O9P2. The molecule has 6 N–H and O–H groups in total. The van der Waals surface area contributed by atoms with E-state index in [2.05, 4.69) is 18.8 Å². The van der Waals surface area contributed by atoms with Gasteiger partial charge in [-0.15, -0.1) is 0 Å². The molecule has 1 unspecified atom stereocenters. The van der Waals surface area contributed by atoms with Crippen LogP contribution < -0.4 is 11.3 Å². The summed E-state index contributed by atoms with van der Waals surface area (Å²) in [4.78, 5) is 44.1. The van der Waals surface area contributed by atoms with E-state index in [0.29, 0.717) is 0 Å². The summed E-state index contributed by atoms with van der Waals surface area (Å²) in [5, 5.41) is 0.0794. The summed E-state index contributed by atoms with van der Waals surface area (Å²) >= 11 is 0. The van der Waals surface area contributed by atoms with Gasteiger partial charge in [-0.1, -0.05) is 0 Å². The number of hydrogen-bond acceptors (Lipinski definition) is 8. The number of ether oxygens (including phenoxy) is 1. The molecule has 4 atom stereocenters. The van der Waals surface area contributed by atoms with Crippen LogP contribution in [0.25, 0.3) is 11.0 Å². The van der Waals surface area contributed by atoms with Crippen LogP contribution >= 0.6 is 15.6 Å². The molecule has 0 aliphatic carbocycles. The van der Waals surface area contributed by atoms with Crippen molar-refractivity contribution in [3.63, 3.8) is 0 Å². The fraction of sp³-hybridized carbons (Fsp3) is 0.455. The molecular weight excluding hydrogens is 432 g/mol. The third-order valence-electron chi connectivity index (χ3n) is 3.75. The number of aromatic amines is 1. The number of nitrogens with zero attached hydrogens (tertiary/aromatic N) is 2. The van der Waals surface area contributed by atoms with Gasteiger partial charge in [0.25, 0.3) is 11.4 Å². The molecule has 0 saturated carbocycles. The normalized spacial score (nSPS) is 27.9. The van der Waals surface area contributed by atoms with Crippen LogP contribution in [0.4, 0.5) is 14.7 Å². The largest absolute Gasteiger partial charge is 0.481 e. The van der Waals surface area contributed by atoms with Gasteiger partial charge in [0, 0.05) is 12.6 Å². The fourth-order valence-corrected chi connectivity index (χ4v) is 4.22. The fourth-order valence-electron chi connectivity index (χ4n) is 2.62. The molecule has 3 rings (SSSR count). The van der Waals surface area contributed by atoms with Crippen LogP contribution in [0, 0.1) is 0 Å². The standard InChI is InChI=1S/C11H14F2N4O9P2/c12-6-3-7(17-2-1-5-8(17)15-10(14)16-9(5)18)25-11(6,13)4-24-28(22,23)26-27(19,20)21/h1-2,6-7H,3-4H2,(H,22,23)(H2,19,20,21)(H3,14,15,16,18)/t6-,7+,11+/m0/s1. The van der Waals surface area contributed by atoms with Crippen molar-refractivity contribution < 1.29 is 46.2 Å². The smallest absolute Gasteiger partial charge is 0.369 e. The van der Waals surface area contributed by atoms with E-state index in [1.165, 1.54) is 12.3 Å². The molecule has 1 saturated heterocycles. The molecule has 1 aliphatic rings. The first-order valence-electron chi connectivity index (χ1n) is 7.41. The Bertz CT molecular complexity index is 1050. The number of fused-ring (bicyclic) bond motifs is 1. The van der Waals surface area contributed by atoms with Crippen LogP contribution in [0.5, 0.6) is 0 Å². The SMILES string of the molecule is Nc1nc2c(ccn2[C@H]2C[C@H](F)[C@@](F)(COP(=O)(O)OP(=O)(O)O)O2)c(=O)[nH]1. The van der Waals surface area contributed by atoms with E-state index in [0.717, 1.165) is 4.57 Å². The number of alkyl halides is 2. The zero-order valence-electron chi connectivity index (χ0n) is 13.6. The Balaban J connectivity index is 1.80. The molecule has 3 heterocycles. The van der Waals surface area contributed by atoms with Crippen LogP contribution in [-0.4, -0.2) is 47.8 Å². The molecule has 2 aromatic heterocycles. The van der Waals surface area contributed by atoms with Crippen molar-refractivity contribution in [2.75, 3.05) is 12.3 Å². The van der Waals surface area contributed by atoms with Crippen molar-refractivity contribution in [3.05, 3.63) is 22.6 Å². The van der Waals surface area contributed by atoms with E-state index in [1.54, 1.807) is 0 Å². The third-order valence-corrected chi connectivity index (χ3v) is 5.88. The minimum Gasteiger partial charge on any atom is -0.369 e. The van der Waals surface area contributed by atoms with E-state index < -0.39 is 52.5 Å². The Morgan fingerprint density at radius 2 is 2.14 bits per heavy atom. The average molecular weight is 446 g/mol. The summed E-state index contributed by atoms with van der Waals surface area (Å²) in [7, 11) is -10.8. The highest BCUT2D eigenvalue weighted by Gasteiger charge is 2.53. The molecule has 13 nitrogen and oxygen atoms in total. The quantitative estimate of drug-likeness (QED) is 0.386. The second kappa shape index (κ2) is 6.97. The molecule has 2 aromatic rings. The molecule has 28 heavy (non-hydrogen) atoms. The molecule has 156 valence electrons. The van der Waals surface area contributed by atoms with Crippen LogP contribution in [0.3, 0.4) is 0 Å². The summed E-state index contributed by atoms with van der Waals surface area (Å²) in [6.45, 7) is -1.51. The number of phosphoric ester groups is 1. The maximum Gasteiger partial charge on any atom is 0.481 e. The van der Waals surface area contributed by atoms with Crippen LogP contribution in [0.2, 0.25) is 0 Å². The van der Waals surface area contributed by atoms with Gasteiger partial charge in [0.1, 0.15) is 12.8 Å². The van der Waals surface area contributed by atoms with Crippen molar-refractivity contribution in [3.8, 4) is 0 Å². The topological polar surface area (TPSA) is 199 Å². The summed E-state index contributed by atoms with van der Waals surface area (Å²) in [5.41, 5.74) is 4.86. The summed E-state index contributed by atoms with van der Waals surface area (Å²) in [5.74, 6) is -3.48. The van der Waals surface area contributed by atoms with E-state index in [9.17, 15) is 27.6 Å². The Labute approximate surface area is 153 Å². The van der Waals surface area contributed by atoms with Gasteiger partial charge in [-0.2, -0.15) is 9.29 Å². The van der Waals surface area contributed by atoms with Gasteiger partial charge in [0.05, 0.1) is 5.39 Å². The molecule has 1 aliphatic heterocycles. The minimum atomic E-state index is -5.43. The predicted octanol–water partition coefficient (Wildman–Crippen LogP) is 0.456. The maximum atomic E-state index is 14.7. The van der Waals surface area contributed by atoms with E-state index in [4.69, 9.17) is 20.3 Å². The molecule has 0 bridgehead atoms. The number of aromatic nitrogens is 3. The van der Waals surface area contributed by atoms with Gasteiger partial charge in [-0.3, -0.25) is 14.3 Å². The van der Waals surface area contributed by atoms with Gasteiger partial charge >= 0.3 is 15.6 Å². The number of anilines is 1. The molecule has 0 aromatic carbocycles. The first kappa shape index (κ1) is 21.0. The van der Waals surface area contributed by atoms with Crippen molar-refractivity contribution in [2.45, 2.75) is 24.7 Å². The van der Waals surface area contributed by atoms with Gasteiger partial charge in [-0.25, -0.2) is 17.9 Å². The first-order valence-corrected chi connectivity index (χ1v) is 10.4. The highest BCUT2D eigenvalue weighted by atomic mass is 31.3. The molecule has 0 spiro atoms. The van der Waals surface area contributed by atoms with Crippen molar-refractivity contribution >= 4 is 32.6 Å². The Morgan fingerprint density at radius 3 is 2.79 bits per heavy atom. The lowest BCUT2D eigenvalue weighted by Gasteiger charge is -2.23. The summed E-state index contributed by atoms with van der Waals surface area (Å²) in [6.07, 6.45) is -2.99. The lowest BCUT2D eigenvalue weighted by molar-refractivity contribution is -0.192. The van der Waals surface area contributed by atoms with Crippen molar-refractivity contribution in [1.82, 2.24) is 14.5 Å². The van der Waals surface area contributed by atoms with Gasteiger partial charge < -0.3 is 29.7 Å². The molecule has 1 fully saturated rings. The van der Waals surface area contributed by atoms with Crippen LogP contribution in [0.15, 0.2) is 17.1 Å². The predicted molar refractivity (Wildman–Crippen MR) is 87.1 cm³/mol. The number of halogens is 2. The monoisotopic (exact) mass is 446 g/mol. The second-order valence-electron chi connectivity index (χ2n) is 5.79. The zero-order valence-corrected chi connectivity index (χ0v) is 15.4. The summed E-state index contributed by atoms with van der Waals surface area (Å²) < 4.78 is 64.6. The lowest BCUT2D eigenvalue weighted by atomic mass is 10.2. The molecule has 0 amide bonds. The Morgan fingerprint density at radius 1 is 1.46 bits per heavy atom. The number of nitrogens with one attached hydrogen (secondary N) is 1. The Kier molecular flexibility index (Phi) is 5.23. The number of rotatable bonds is 6. The maximum absolute atomic E-state index is 14.7. The van der Waals surface area contributed by atoms with Gasteiger partial charge in [0.2, 0.25) is 5.95 Å². The minimum absolute atomic E-state index is 0.0127. The van der Waals surface area contributed by atoms with Gasteiger partial charge in [0.15, 0.2) is 11.8 Å².